The van der Waals surface area contributed by atoms with E-state index in [1.165, 1.54) is 6.20 Å². The molecule has 1 unspecified atom stereocenters. The van der Waals surface area contributed by atoms with Crippen LogP contribution in [-0.4, -0.2) is 30.1 Å². The number of amides is 1. The summed E-state index contributed by atoms with van der Waals surface area (Å²) in [5.41, 5.74) is 0.783. The molecule has 1 amide bonds. The van der Waals surface area contributed by atoms with Crippen molar-refractivity contribution in [3.8, 4) is 11.5 Å². The first-order chi connectivity index (χ1) is 11.6. The van der Waals surface area contributed by atoms with Gasteiger partial charge in [0.05, 0.1) is 18.2 Å². The maximum atomic E-state index is 12.2. The molecule has 0 bridgehead atoms. The van der Waals surface area contributed by atoms with Gasteiger partial charge in [0.1, 0.15) is 11.9 Å². The smallest absolute Gasteiger partial charge is 0.247 e. The minimum absolute atomic E-state index is 0.197. The third-order valence-corrected chi connectivity index (χ3v) is 3.73. The van der Waals surface area contributed by atoms with Crippen molar-refractivity contribution in [2.24, 2.45) is 0 Å². The van der Waals surface area contributed by atoms with E-state index in [0.717, 1.165) is 17.9 Å². The first-order valence-corrected chi connectivity index (χ1v) is 8.08. The average molecular weight is 348 g/mol. The second-order valence-corrected chi connectivity index (χ2v) is 5.87. The molecule has 0 fully saturated rings. The fourth-order valence-electron chi connectivity index (χ4n) is 2.25. The molecule has 0 radical (unpaired) electrons. The lowest BCUT2D eigenvalue weighted by atomic mass is 10.2. The maximum absolute atomic E-state index is 12.2. The fraction of sp³-hybridized carbons (Fsp3) is 0.294. The van der Waals surface area contributed by atoms with E-state index in [1.807, 2.05) is 18.2 Å². The minimum Gasteiger partial charge on any atom is -0.490 e. The Labute approximate surface area is 145 Å². The molecule has 7 heteroatoms. The number of ether oxygens (including phenoxy) is 2. The zero-order valence-corrected chi connectivity index (χ0v) is 14.0. The van der Waals surface area contributed by atoms with Crippen molar-refractivity contribution < 1.29 is 14.3 Å². The molecule has 0 aliphatic carbocycles. The van der Waals surface area contributed by atoms with Crippen molar-refractivity contribution in [1.29, 1.82) is 0 Å². The highest BCUT2D eigenvalue weighted by atomic mass is 35.5. The van der Waals surface area contributed by atoms with Gasteiger partial charge in [-0.1, -0.05) is 11.6 Å². The summed E-state index contributed by atoms with van der Waals surface area (Å²) in [7, 11) is 0. The lowest BCUT2D eigenvalue weighted by molar-refractivity contribution is -0.116. The molecular formula is C17H18ClN3O3. The Morgan fingerprint density at radius 3 is 2.75 bits per heavy atom. The first kappa shape index (κ1) is 16.4. The number of carbonyl (C=O) groups excluding carboxylic acids is 1. The quantitative estimate of drug-likeness (QED) is 0.887. The molecule has 126 valence electrons. The monoisotopic (exact) mass is 347 g/mol. The van der Waals surface area contributed by atoms with Crippen molar-refractivity contribution in [3.05, 3.63) is 41.6 Å². The van der Waals surface area contributed by atoms with Gasteiger partial charge in [-0.3, -0.25) is 4.79 Å². The Bertz CT molecular complexity index is 722. The molecule has 6 nitrogen and oxygen atoms in total. The minimum atomic E-state index is -0.452. The topological polar surface area (TPSA) is 72.5 Å². The third kappa shape index (κ3) is 4.08. The van der Waals surface area contributed by atoms with E-state index in [-0.39, 0.29) is 5.91 Å². The van der Waals surface area contributed by atoms with Gasteiger partial charge in [-0.2, -0.15) is 0 Å². The van der Waals surface area contributed by atoms with Crippen molar-refractivity contribution in [2.45, 2.75) is 19.4 Å². The van der Waals surface area contributed by atoms with Gasteiger partial charge >= 0.3 is 0 Å². The van der Waals surface area contributed by atoms with Gasteiger partial charge in [0.25, 0.3) is 0 Å². The molecule has 1 aromatic carbocycles. The number of anilines is 2. The molecule has 2 aromatic rings. The molecule has 1 atom stereocenters. The molecule has 2 heterocycles. The van der Waals surface area contributed by atoms with Crippen LogP contribution < -0.4 is 20.1 Å². The molecule has 1 aliphatic rings. The number of benzene rings is 1. The van der Waals surface area contributed by atoms with Crippen LogP contribution in [-0.2, 0) is 4.79 Å². The van der Waals surface area contributed by atoms with E-state index in [2.05, 4.69) is 15.6 Å². The van der Waals surface area contributed by atoms with Gasteiger partial charge in [-0.25, -0.2) is 4.98 Å². The molecular weight excluding hydrogens is 330 g/mol. The van der Waals surface area contributed by atoms with E-state index in [1.54, 1.807) is 19.1 Å². The third-order valence-electron chi connectivity index (χ3n) is 3.50. The number of pyridine rings is 1. The number of nitrogens with zero attached hydrogens (tertiary/aromatic N) is 1. The summed E-state index contributed by atoms with van der Waals surface area (Å²) >= 11 is 5.78. The summed E-state index contributed by atoms with van der Waals surface area (Å²) in [6.45, 7) is 3.04. The number of hydrogen-bond donors (Lipinski definition) is 2. The van der Waals surface area contributed by atoms with Crippen molar-refractivity contribution >= 4 is 29.0 Å². The van der Waals surface area contributed by atoms with Gasteiger partial charge in [0.15, 0.2) is 11.5 Å². The zero-order valence-electron chi connectivity index (χ0n) is 13.2. The average Bonchev–Trinajstić information content (AvgIpc) is 2.81. The van der Waals surface area contributed by atoms with Gasteiger partial charge in [-0.15, -0.1) is 0 Å². The molecule has 1 aliphatic heterocycles. The van der Waals surface area contributed by atoms with Crippen molar-refractivity contribution in [1.82, 2.24) is 4.98 Å². The molecule has 0 spiro atoms. The fourth-order valence-corrected chi connectivity index (χ4v) is 2.36. The lowest BCUT2D eigenvalue weighted by Crippen LogP contribution is -2.32. The molecule has 1 aromatic heterocycles. The second kappa shape index (κ2) is 7.40. The van der Waals surface area contributed by atoms with Crippen molar-refractivity contribution in [3.63, 3.8) is 0 Å². The Morgan fingerprint density at radius 1 is 1.21 bits per heavy atom. The summed E-state index contributed by atoms with van der Waals surface area (Å²) in [5.74, 6) is 1.67. The van der Waals surface area contributed by atoms with Gasteiger partial charge in [0, 0.05) is 24.4 Å². The van der Waals surface area contributed by atoms with Crippen LogP contribution in [0.15, 0.2) is 36.5 Å². The van der Waals surface area contributed by atoms with E-state index >= 15 is 0 Å². The summed E-state index contributed by atoms with van der Waals surface area (Å²) in [6, 6.07) is 8.41. The molecule has 3 rings (SSSR count). The Kier molecular flexibility index (Phi) is 5.05. The standard InChI is InChI=1S/C17H18ClN3O3/c1-11(17(22)21-16-6-3-12(18)10-19-16)20-13-4-5-14-15(9-13)24-8-2-7-23-14/h3-6,9-11,20H,2,7-8H2,1H3,(H,19,21,22). The highest BCUT2D eigenvalue weighted by Crippen LogP contribution is 2.32. The van der Waals surface area contributed by atoms with Crippen LogP contribution in [0.3, 0.4) is 0 Å². The summed E-state index contributed by atoms with van der Waals surface area (Å²) in [5, 5.41) is 6.40. The van der Waals surface area contributed by atoms with E-state index in [4.69, 9.17) is 21.1 Å². The van der Waals surface area contributed by atoms with E-state index in [9.17, 15) is 4.79 Å². The number of rotatable bonds is 4. The van der Waals surface area contributed by atoms with Crippen molar-refractivity contribution in [2.75, 3.05) is 23.8 Å². The van der Waals surface area contributed by atoms with Crippen LogP contribution in [0, 0.1) is 0 Å². The normalized spacial score (nSPS) is 14.4. The van der Waals surface area contributed by atoms with Crippen LogP contribution >= 0.6 is 11.6 Å². The highest BCUT2D eigenvalue weighted by molar-refractivity contribution is 6.30. The number of halogens is 1. The number of hydrogen-bond acceptors (Lipinski definition) is 5. The predicted molar refractivity (Wildman–Crippen MR) is 93.0 cm³/mol. The van der Waals surface area contributed by atoms with E-state index in [0.29, 0.717) is 29.8 Å². The molecule has 24 heavy (non-hydrogen) atoms. The summed E-state index contributed by atoms with van der Waals surface area (Å²) in [4.78, 5) is 16.3. The second-order valence-electron chi connectivity index (χ2n) is 5.43. The van der Waals surface area contributed by atoms with Crippen LogP contribution in [0.4, 0.5) is 11.5 Å². The largest absolute Gasteiger partial charge is 0.490 e. The maximum Gasteiger partial charge on any atom is 0.247 e. The van der Waals surface area contributed by atoms with Gasteiger partial charge in [-0.05, 0) is 31.2 Å². The Balaban J connectivity index is 1.63. The van der Waals surface area contributed by atoms with Crippen LogP contribution in [0.25, 0.3) is 0 Å². The van der Waals surface area contributed by atoms with Crippen LogP contribution in [0.2, 0.25) is 5.02 Å². The van der Waals surface area contributed by atoms with Crippen LogP contribution in [0.5, 0.6) is 11.5 Å². The highest BCUT2D eigenvalue weighted by Gasteiger charge is 2.16. The SMILES string of the molecule is CC(Nc1ccc2c(c1)OCCCO2)C(=O)Nc1ccc(Cl)cn1. The molecule has 0 saturated carbocycles. The van der Waals surface area contributed by atoms with Gasteiger partial charge in [0.2, 0.25) is 5.91 Å². The number of fused-ring (bicyclic) bond motifs is 1. The molecule has 2 N–H and O–H groups in total. The summed E-state index contributed by atoms with van der Waals surface area (Å²) < 4.78 is 11.2. The molecule has 0 saturated heterocycles. The Morgan fingerprint density at radius 2 is 2.00 bits per heavy atom. The zero-order chi connectivity index (χ0) is 16.9. The number of aromatic nitrogens is 1. The number of carbonyl (C=O) groups is 1. The van der Waals surface area contributed by atoms with Gasteiger partial charge < -0.3 is 20.1 Å². The van der Waals surface area contributed by atoms with Crippen LogP contribution in [0.1, 0.15) is 13.3 Å². The lowest BCUT2D eigenvalue weighted by Gasteiger charge is -2.16. The number of nitrogens with one attached hydrogen (secondary N) is 2. The predicted octanol–water partition coefficient (Wildman–Crippen LogP) is 3.34. The first-order valence-electron chi connectivity index (χ1n) is 7.70. The summed E-state index contributed by atoms with van der Waals surface area (Å²) in [6.07, 6.45) is 2.34. The van der Waals surface area contributed by atoms with E-state index < -0.39 is 6.04 Å². The Hall–Kier alpha value is -2.47.